The zero-order chi connectivity index (χ0) is 27.2. The van der Waals surface area contributed by atoms with Crippen LogP contribution in [0.25, 0.3) is 10.2 Å². The molecule has 2 aliphatic rings. The van der Waals surface area contributed by atoms with Crippen LogP contribution in [0.5, 0.6) is 0 Å². The summed E-state index contributed by atoms with van der Waals surface area (Å²) >= 11 is 1.57. The summed E-state index contributed by atoms with van der Waals surface area (Å²) in [5, 5.41) is 4.56. The summed E-state index contributed by atoms with van der Waals surface area (Å²) in [6, 6.07) is 17.1. The van der Waals surface area contributed by atoms with Crippen LogP contribution < -0.4 is 5.32 Å². The summed E-state index contributed by atoms with van der Waals surface area (Å²) in [7, 11) is -3.58. The van der Waals surface area contributed by atoms with Gasteiger partial charge in [0.15, 0.2) is 5.13 Å². The van der Waals surface area contributed by atoms with E-state index in [1.807, 2.05) is 18.2 Å². The standard InChI is InChI=1S/C31H44N4O2S2/c1-24(2)23-35(19-9-8-12-25-10-4-3-5-11-25)39(36,37)28-15-16-29-30(22-28)38-31(33-29)32-26-17-20-34(21-18-26)27-13-6-7-14-27/h3-5,10-11,15-16,22,24,26-27H,6-9,12-14,17-21,23H2,1-2H3,(H,32,33). The third-order valence-electron chi connectivity index (χ3n) is 8.23. The summed E-state index contributed by atoms with van der Waals surface area (Å²) in [4.78, 5) is 7.85. The number of hydrogen-bond acceptors (Lipinski definition) is 6. The Labute approximate surface area is 238 Å². The van der Waals surface area contributed by atoms with Crippen molar-refractivity contribution < 1.29 is 8.42 Å². The van der Waals surface area contributed by atoms with Crippen molar-refractivity contribution >= 4 is 36.7 Å². The van der Waals surface area contributed by atoms with E-state index in [-0.39, 0.29) is 5.92 Å². The second-order valence-corrected chi connectivity index (χ2v) is 14.7. The lowest BCUT2D eigenvalue weighted by Crippen LogP contribution is -2.43. The third-order valence-corrected chi connectivity index (χ3v) is 11.0. The SMILES string of the molecule is CC(C)CN(CCCCc1ccccc1)S(=O)(=O)c1ccc2nc(NC3CCN(C4CCCC4)CC3)sc2c1. The van der Waals surface area contributed by atoms with Gasteiger partial charge in [-0.2, -0.15) is 4.31 Å². The Morgan fingerprint density at radius 2 is 1.77 bits per heavy atom. The zero-order valence-electron chi connectivity index (χ0n) is 23.5. The number of rotatable bonds is 12. The zero-order valence-corrected chi connectivity index (χ0v) is 25.2. The Morgan fingerprint density at radius 1 is 1.03 bits per heavy atom. The van der Waals surface area contributed by atoms with Crippen molar-refractivity contribution in [1.82, 2.24) is 14.2 Å². The Morgan fingerprint density at radius 3 is 2.49 bits per heavy atom. The van der Waals surface area contributed by atoms with E-state index < -0.39 is 10.0 Å². The van der Waals surface area contributed by atoms with Gasteiger partial charge in [0.05, 0.1) is 15.1 Å². The van der Waals surface area contributed by atoms with Crippen LogP contribution in [-0.2, 0) is 16.4 Å². The first-order valence-corrected chi connectivity index (χ1v) is 17.1. The highest BCUT2D eigenvalue weighted by Gasteiger charge is 2.28. The molecular formula is C31H44N4O2S2. The fourth-order valence-electron chi connectivity index (χ4n) is 6.11. The fourth-order valence-corrected chi connectivity index (χ4v) is 8.83. The number of likely N-dealkylation sites (tertiary alicyclic amines) is 1. The number of nitrogens with one attached hydrogen (secondary N) is 1. The Kier molecular flexibility index (Phi) is 9.59. The molecule has 6 nitrogen and oxygen atoms in total. The molecule has 1 aliphatic heterocycles. The molecule has 5 rings (SSSR count). The Bertz CT molecular complexity index is 1290. The molecule has 2 heterocycles. The van der Waals surface area contributed by atoms with Gasteiger partial charge in [-0.3, -0.25) is 0 Å². The molecular weight excluding hydrogens is 525 g/mol. The molecule has 1 saturated carbocycles. The van der Waals surface area contributed by atoms with E-state index in [4.69, 9.17) is 4.98 Å². The topological polar surface area (TPSA) is 65.5 Å². The van der Waals surface area contributed by atoms with Gasteiger partial charge in [0.25, 0.3) is 0 Å². The molecule has 1 N–H and O–H groups in total. The van der Waals surface area contributed by atoms with Crippen molar-refractivity contribution in [1.29, 1.82) is 0 Å². The van der Waals surface area contributed by atoms with E-state index in [9.17, 15) is 8.42 Å². The van der Waals surface area contributed by atoms with Gasteiger partial charge >= 0.3 is 0 Å². The molecule has 39 heavy (non-hydrogen) atoms. The number of piperidine rings is 1. The van der Waals surface area contributed by atoms with Gasteiger partial charge < -0.3 is 10.2 Å². The highest BCUT2D eigenvalue weighted by Crippen LogP contribution is 2.32. The van der Waals surface area contributed by atoms with Crippen molar-refractivity contribution in [2.45, 2.75) is 88.6 Å². The van der Waals surface area contributed by atoms with E-state index in [0.29, 0.717) is 24.0 Å². The summed E-state index contributed by atoms with van der Waals surface area (Å²) in [5.41, 5.74) is 2.17. The number of unbranched alkanes of at least 4 members (excludes halogenated alkanes) is 1. The molecule has 0 bridgehead atoms. The second kappa shape index (κ2) is 13.1. The molecule has 1 aliphatic carbocycles. The average molecular weight is 569 g/mol. The molecule has 3 aromatic rings. The summed E-state index contributed by atoms with van der Waals surface area (Å²) in [6.45, 7) is 7.55. The van der Waals surface area contributed by atoms with Gasteiger partial charge in [0.1, 0.15) is 0 Å². The molecule has 2 aromatic carbocycles. The van der Waals surface area contributed by atoms with Crippen LogP contribution in [0.1, 0.15) is 70.8 Å². The first kappa shape index (κ1) is 28.5. The van der Waals surface area contributed by atoms with Gasteiger partial charge in [-0.1, -0.05) is 68.4 Å². The molecule has 0 radical (unpaired) electrons. The van der Waals surface area contributed by atoms with Crippen molar-refractivity contribution in [3.63, 3.8) is 0 Å². The predicted octanol–water partition coefficient (Wildman–Crippen LogP) is 6.78. The number of anilines is 1. The number of aromatic nitrogens is 1. The smallest absolute Gasteiger partial charge is 0.243 e. The number of fused-ring (bicyclic) bond motifs is 1. The largest absolute Gasteiger partial charge is 0.359 e. The normalized spacial score (nSPS) is 18.1. The van der Waals surface area contributed by atoms with Crippen LogP contribution in [0, 0.1) is 5.92 Å². The quantitative estimate of drug-likeness (QED) is 0.244. The molecule has 0 atom stereocenters. The van der Waals surface area contributed by atoms with E-state index in [2.05, 4.69) is 48.3 Å². The Hall–Kier alpha value is -2.00. The number of benzene rings is 2. The van der Waals surface area contributed by atoms with E-state index >= 15 is 0 Å². The van der Waals surface area contributed by atoms with Gasteiger partial charge in [0.2, 0.25) is 10.0 Å². The third kappa shape index (κ3) is 7.40. The van der Waals surface area contributed by atoms with Gasteiger partial charge in [-0.25, -0.2) is 13.4 Å². The molecule has 0 unspecified atom stereocenters. The summed E-state index contributed by atoms with van der Waals surface area (Å²) in [6.07, 6.45) is 10.6. The number of nitrogens with zero attached hydrogens (tertiary/aromatic N) is 3. The fraction of sp³-hybridized carbons (Fsp3) is 0.581. The number of thiazole rings is 1. The first-order valence-electron chi connectivity index (χ1n) is 14.8. The van der Waals surface area contributed by atoms with Gasteiger partial charge in [0, 0.05) is 38.3 Å². The van der Waals surface area contributed by atoms with Crippen molar-refractivity contribution in [3.8, 4) is 0 Å². The van der Waals surface area contributed by atoms with Crippen molar-refractivity contribution in [2.75, 3.05) is 31.5 Å². The molecule has 8 heteroatoms. The monoisotopic (exact) mass is 568 g/mol. The number of aryl methyl sites for hydroxylation is 1. The highest BCUT2D eigenvalue weighted by atomic mass is 32.2. The summed E-state index contributed by atoms with van der Waals surface area (Å²) < 4.78 is 30.1. The Balaban J connectivity index is 1.21. The summed E-state index contributed by atoms with van der Waals surface area (Å²) in [5.74, 6) is 0.261. The lowest BCUT2D eigenvalue weighted by molar-refractivity contribution is 0.159. The maximum atomic E-state index is 13.7. The van der Waals surface area contributed by atoms with Crippen molar-refractivity contribution in [2.24, 2.45) is 5.92 Å². The highest BCUT2D eigenvalue weighted by molar-refractivity contribution is 7.89. The van der Waals surface area contributed by atoms with Crippen LogP contribution in [-0.4, -0.2) is 60.9 Å². The molecule has 0 amide bonds. The van der Waals surface area contributed by atoms with Gasteiger partial charge in [-0.15, -0.1) is 0 Å². The van der Waals surface area contributed by atoms with Crippen LogP contribution >= 0.6 is 11.3 Å². The lowest BCUT2D eigenvalue weighted by Gasteiger charge is -2.36. The second-order valence-electron chi connectivity index (χ2n) is 11.7. The van der Waals surface area contributed by atoms with Crippen LogP contribution in [0.4, 0.5) is 5.13 Å². The molecule has 212 valence electrons. The lowest BCUT2D eigenvalue weighted by atomic mass is 10.0. The molecule has 0 spiro atoms. The maximum absolute atomic E-state index is 13.7. The predicted molar refractivity (Wildman–Crippen MR) is 163 cm³/mol. The van der Waals surface area contributed by atoms with E-state index in [1.54, 1.807) is 21.7 Å². The van der Waals surface area contributed by atoms with Gasteiger partial charge in [-0.05, 0) is 74.6 Å². The minimum Gasteiger partial charge on any atom is -0.359 e. The number of hydrogen-bond donors (Lipinski definition) is 1. The van der Waals surface area contributed by atoms with E-state index in [0.717, 1.165) is 66.6 Å². The average Bonchev–Trinajstić information content (AvgIpc) is 3.61. The first-order chi connectivity index (χ1) is 18.9. The molecule has 2 fully saturated rings. The van der Waals surface area contributed by atoms with Crippen LogP contribution in [0.3, 0.4) is 0 Å². The van der Waals surface area contributed by atoms with Crippen LogP contribution in [0.15, 0.2) is 53.4 Å². The van der Waals surface area contributed by atoms with Crippen LogP contribution in [0.2, 0.25) is 0 Å². The van der Waals surface area contributed by atoms with Crippen molar-refractivity contribution in [3.05, 3.63) is 54.1 Å². The molecule has 1 saturated heterocycles. The number of sulfonamides is 1. The van der Waals surface area contributed by atoms with E-state index in [1.165, 1.54) is 31.2 Å². The minimum atomic E-state index is -3.58. The molecule has 1 aromatic heterocycles. The minimum absolute atomic E-state index is 0.261. The maximum Gasteiger partial charge on any atom is 0.243 e.